The number of piperidine rings is 1. The van der Waals surface area contributed by atoms with Crippen LogP contribution in [0.5, 0.6) is 0 Å². The van der Waals surface area contributed by atoms with Crippen LogP contribution in [-0.2, 0) is 17.9 Å². The molecule has 2 aromatic carbocycles. The molecule has 0 N–H and O–H groups in total. The van der Waals surface area contributed by atoms with Crippen LogP contribution in [-0.4, -0.2) is 60.9 Å². The van der Waals surface area contributed by atoms with Gasteiger partial charge in [0.15, 0.2) is 0 Å². The summed E-state index contributed by atoms with van der Waals surface area (Å²) in [7, 11) is 4.13. The molecule has 0 aliphatic carbocycles. The zero-order chi connectivity index (χ0) is 20.6. The molecule has 0 bridgehead atoms. The average Bonchev–Trinajstić information content (AvgIpc) is 2.73. The fourth-order valence-corrected chi connectivity index (χ4v) is 3.94. The lowest BCUT2D eigenvalue weighted by Crippen LogP contribution is -2.44. The molecule has 1 saturated heterocycles. The van der Waals surface area contributed by atoms with Gasteiger partial charge < -0.3 is 9.80 Å². The highest BCUT2D eigenvalue weighted by Gasteiger charge is 2.28. The van der Waals surface area contributed by atoms with Gasteiger partial charge in [-0.05, 0) is 58.1 Å². The van der Waals surface area contributed by atoms with Crippen LogP contribution >= 0.6 is 0 Å². The molecule has 0 spiro atoms. The Morgan fingerprint density at radius 1 is 0.931 bits per heavy atom. The highest BCUT2D eigenvalue weighted by Crippen LogP contribution is 2.22. The van der Waals surface area contributed by atoms with Crippen molar-refractivity contribution in [3.8, 4) is 0 Å². The van der Waals surface area contributed by atoms with Gasteiger partial charge in [0.25, 0.3) is 0 Å². The lowest BCUT2D eigenvalue weighted by Gasteiger charge is -2.34. The van der Waals surface area contributed by atoms with Gasteiger partial charge in [-0.25, -0.2) is 0 Å². The molecule has 0 radical (unpaired) electrons. The quantitative estimate of drug-likeness (QED) is 0.683. The smallest absolute Gasteiger partial charge is 0.226 e. The topological polar surface area (TPSA) is 26.8 Å². The van der Waals surface area contributed by atoms with Crippen LogP contribution in [0.25, 0.3) is 0 Å². The summed E-state index contributed by atoms with van der Waals surface area (Å²) in [6.07, 6.45) is 1.91. The Balaban J connectivity index is 1.56. The van der Waals surface area contributed by atoms with E-state index in [0.717, 1.165) is 45.6 Å². The van der Waals surface area contributed by atoms with Gasteiger partial charge in [-0.1, -0.05) is 60.2 Å². The van der Waals surface area contributed by atoms with Crippen LogP contribution in [0.15, 0.2) is 54.6 Å². The summed E-state index contributed by atoms with van der Waals surface area (Å²) in [5, 5.41) is 0. The van der Waals surface area contributed by atoms with Gasteiger partial charge in [0.1, 0.15) is 0 Å². The van der Waals surface area contributed by atoms with E-state index in [4.69, 9.17) is 0 Å². The molecule has 1 heterocycles. The van der Waals surface area contributed by atoms with Gasteiger partial charge in [-0.2, -0.15) is 0 Å². The van der Waals surface area contributed by atoms with Crippen LogP contribution in [0.2, 0.25) is 0 Å². The predicted molar refractivity (Wildman–Crippen MR) is 120 cm³/mol. The molecule has 1 fully saturated rings. The molecule has 29 heavy (non-hydrogen) atoms. The maximum atomic E-state index is 13.3. The summed E-state index contributed by atoms with van der Waals surface area (Å²) in [6.45, 7) is 7.48. The number of amides is 1. The van der Waals surface area contributed by atoms with Crippen LogP contribution < -0.4 is 0 Å². The largest absolute Gasteiger partial charge is 0.337 e. The number of carbonyl (C=O) groups is 1. The van der Waals surface area contributed by atoms with Crippen LogP contribution in [0.1, 0.15) is 29.5 Å². The van der Waals surface area contributed by atoms with E-state index in [1.54, 1.807) is 0 Å². The first-order valence-electron chi connectivity index (χ1n) is 10.8. The van der Waals surface area contributed by atoms with E-state index >= 15 is 0 Å². The van der Waals surface area contributed by atoms with Gasteiger partial charge in [-0.3, -0.25) is 9.69 Å². The standard InChI is InChI=1S/C25H35N3O/c1-21-9-11-23(12-10-21)19-27-15-13-24(14-16-27)25(29)28(18-17-26(2)3)20-22-7-5-4-6-8-22/h4-12,24H,13-20H2,1-3H3. The maximum Gasteiger partial charge on any atom is 0.226 e. The lowest BCUT2D eigenvalue weighted by molar-refractivity contribution is -0.138. The summed E-state index contributed by atoms with van der Waals surface area (Å²) in [5.74, 6) is 0.473. The van der Waals surface area contributed by atoms with E-state index in [2.05, 4.69) is 72.1 Å². The zero-order valence-corrected chi connectivity index (χ0v) is 18.2. The Kier molecular flexibility index (Phi) is 7.84. The number of benzene rings is 2. The Labute approximate surface area is 176 Å². The molecule has 3 rings (SSSR count). The first kappa shape index (κ1) is 21.5. The number of likely N-dealkylation sites (tertiary alicyclic amines) is 1. The van der Waals surface area contributed by atoms with Crippen molar-refractivity contribution in [2.45, 2.75) is 32.9 Å². The van der Waals surface area contributed by atoms with E-state index in [1.807, 2.05) is 18.2 Å². The SMILES string of the molecule is Cc1ccc(CN2CCC(C(=O)N(CCN(C)C)Cc3ccccc3)CC2)cc1. The summed E-state index contributed by atoms with van der Waals surface area (Å²) < 4.78 is 0. The minimum atomic E-state index is 0.148. The van der Waals surface area contributed by atoms with Crippen molar-refractivity contribution in [3.05, 3.63) is 71.3 Å². The van der Waals surface area contributed by atoms with Crippen molar-refractivity contribution >= 4 is 5.91 Å². The third-order valence-corrected chi connectivity index (χ3v) is 5.81. The molecule has 156 valence electrons. The Bertz CT molecular complexity index is 749. The van der Waals surface area contributed by atoms with E-state index in [-0.39, 0.29) is 5.92 Å². The molecule has 0 atom stereocenters. The molecule has 1 aliphatic rings. The minimum absolute atomic E-state index is 0.148. The molecule has 1 amide bonds. The summed E-state index contributed by atoms with van der Waals surface area (Å²) in [4.78, 5) is 20.0. The number of carbonyl (C=O) groups excluding carboxylic acids is 1. The molecule has 0 aromatic heterocycles. The van der Waals surface area contributed by atoms with Gasteiger partial charge in [0.05, 0.1) is 0 Å². The van der Waals surface area contributed by atoms with E-state index in [0.29, 0.717) is 12.5 Å². The second-order valence-electron chi connectivity index (χ2n) is 8.58. The molecule has 2 aromatic rings. The molecular weight excluding hydrogens is 358 g/mol. The Hall–Kier alpha value is -2.17. The van der Waals surface area contributed by atoms with Crippen molar-refractivity contribution in [3.63, 3.8) is 0 Å². The van der Waals surface area contributed by atoms with Crippen LogP contribution in [0.4, 0.5) is 0 Å². The van der Waals surface area contributed by atoms with Gasteiger partial charge in [-0.15, -0.1) is 0 Å². The van der Waals surface area contributed by atoms with Crippen LogP contribution in [0, 0.1) is 12.8 Å². The van der Waals surface area contributed by atoms with Crippen molar-refractivity contribution in [2.75, 3.05) is 40.3 Å². The summed E-state index contributed by atoms with van der Waals surface area (Å²) >= 11 is 0. The fourth-order valence-electron chi connectivity index (χ4n) is 3.94. The average molecular weight is 394 g/mol. The first-order valence-corrected chi connectivity index (χ1v) is 10.8. The summed E-state index contributed by atoms with van der Waals surface area (Å²) in [6, 6.07) is 19.1. The second-order valence-corrected chi connectivity index (χ2v) is 8.58. The van der Waals surface area contributed by atoms with Crippen molar-refractivity contribution in [1.82, 2.24) is 14.7 Å². The Morgan fingerprint density at radius 3 is 2.21 bits per heavy atom. The number of likely N-dealkylation sites (N-methyl/N-ethyl adjacent to an activating group) is 1. The molecule has 4 heteroatoms. The number of rotatable bonds is 8. The predicted octanol–water partition coefficient (Wildman–Crippen LogP) is 3.80. The monoisotopic (exact) mass is 393 g/mol. The third-order valence-electron chi connectivity index (χ3n) is 5.81. The van der Waals surface area contributed by atoms with Crippen molar-refractivity contribution < 1.29 is 4.79 Å². The number of hydrogen-bond acceptors (Lipinski definition) is 3. The molecule has 4 nitrogen and oxygen atoms in total. The fraction of sp³-hybridized carbons (Fsp3) is 0.480. The normalized spacial score (nSPS) is 15.6. The number of aryl methyl sites for hydroxylation is 1. The van der Waals surface area contributed by atoms with E-state index < -0.39 is 0 Å². The zero-order valence-electron chi connectivity index (χ0n) is 18.2. The second kappa shape index (κ2) is 10.6. The molecule has 0 saturated carbocycles. The minimum Gasteiger partial charge on any atom is -0.337 e. The molecular formula is C25H35N3O. The highest BCUT2D eigenvalue weighted by atomic mass is 16.2. The highest BCUT2D eigenvalue weighted by molar-refractivity contribution is 5.79. The van der Waals surface area contributed by atoms with Gasteiger partial charge >= 0.3 is 0 Å². The van der Waals surface area contributed by atoms with E-state index in [1.165, 1.54) is 16.7 Å². The van der Waals surface area contributed by atoms with Crippen molar-refractivity contribution in [2.24, 2.45) is 5.92 Å². The Morgan fingerprint density at radius 2 is 1.59 bits per heavy atom. The molecule has 1 aliphatic heterocycles. The maximum absolute atomic E-state index is 13.3. The first-order chi connectivity index (χ1) is 14.0. The number of hydrogen-bond donors (Lipinski definition) is 0. The van der Waals surface area contributed by atoms with Gasteiger partial charge in [0, 0.05) is 32.1 Å². The number of nitrogens with zero attached hydrogens (tertiary/aromatic N) is 3. The lowest BCUT2D eigenvalue weighted by atomic mass is 9.94. The molecule has 0 unspecified atom stereocenters. The summed E-state index contributed by atoms with van der Waals surface area (Å²) in [5.41, 5.74) is 3.86. The third kappa shape index (κ3) is 6.69. The van der Waals surface area contributed by atoms with Crippen LogP contribution in [0.3, 0.4) is 0 Å². The van der Waals surface area contributed by atoms with Gasteiger partial charge in [0.2, 0.25) is 5.91 Å². The van der Waals surface area contributed by atoms with Crippen molar-refractivity contribution in [1.29, 1.82) is 0 Å². The van der Waals surface area contributed by atoms with E-state index in [9.17, 15) is 4.79 Å².